The second-order valence-electron chi connectivity index (χ2n) is 13.5. The van der Waals surface area contributed by atoms with Gasteiger partial charge in [-0.25, -0.2) is 9.37 Å². The summed E-state index contributed by atoms with van der Waals surface area (Å²) in [5.74, 6) is -2.25. The summed E-state index contributed by atoms with van der Waals surface area (Å²) in [6.45, 7) is 5.28. The van der Waals surface area contributed by atoms with Gasteiger partial charge in [0.1, 0.15) is 6.54 Å². The number of amides is 3. The van der Waals surface area contributed by atoms with E-state index in [0.717, 1.165) is 19.6 Å². The molecule has 1 aromatic heterocycles. The molecule has 0 unspecified atom stereocenters. The third kappa shape index (κ3) is 7.69. The number of rotatable bonds is 10. The van der Waals surface area contributed by atoms with Crippen molar-refractivity contribution in [3.05, 3.63) is 63.8 Å². The van der Waals surface area contributed by atoms with Crippen LogP contribution in [-0.4, -0.2) is 120 Å². The molecule has 3 aliphatic rings. The monoisotopic (exact) mass is 743 g/mol. The molecule has 6 rings (SSSR count). The Morgan fingerprint density at radius 1 is 1.06 bits per heavy atom. The molecule has 0 saturated carbocycles. The largest absolute Gasteiger partial charge is 0.544 e. The fourth-order valence-electron chi connectivity index (χ4n) is 7.34. The summed E-state index contributed by atoms with van der Waals surface area (Å²) in [7, 11) is 2.94. The molecule has 2 aromatic carbocycles. The average Bonchev–Trinajstić information content (AvgIpc) is 3.48. The lowest BCUT2D eigenvalue weighted by atomic mass is 9.90. The summed E-state index contributed by atoms with van der Waals surface area (Å²) in [6.07, 6.45) is 2.67. The molecule has 0 atom stereocenters. The lowest BCUT2D eigenvalue weighted by Crippen LogP contribution is -2.63. The van der Waals surface area contributed by atoms with E-state index in [2.05, 4.69) is 15.6 Å². The van der Waals surface area contributed by atoms with E-state index in [4.69, 9.17) is 27.9 Å². The number of nitrogens with one attached hydrogen (secondary N) is 2. The van der Waals surface area contributed by atoms with Gasteiger partial charge in [0.25, 0.3) is 11.8 Å². The van der Waals surface area contributed by atoms with Gasteiger partial charge in [-0.15, -0.1) is 0 Å². The lowest BCUT2D eigenvalue weighted by molar-refractivity contribution is -0.931. The number of nitrogens with zero attached hydrogens (tertiary/aromatic N) is 5. The normalized spacial score (nSPS) is 20.8. The molecular weight excluding hydrogens is 704 g/mol. The fraction of sp³-hybridized carbons (Fsp3) is 0.457. The Morgan fingerprint density at radius 2 is 1.75 bits per heavy atom. The van der Waals surface area contributed by atoms with Gasteiger partial charge in [-0.2, -0.15) is 0 Å². The van der Waals surface area contributed by atoms with Gasteiger partial charge in [0.15, 0.2) is 17.4 Å². The number of aromatic nitrogens is 2. The summed E-state index contributed by atoms with van der Waals surface area (Å²) < 4.78 is 21.5. The number of hydrogen-bond acceptors (Lipinski definition) is 8. The first-order valence-corrected chi connectivity index (χ1v) is 17.6. The molecule has 272 valence electrons. The summed E-state index contributed by atoms with van der Waals surface area (Å²) in [4.78, 5) is 59.2. The topological polar surface area (TPSA) is 149 Å². The maximum absolute atomic E-state index is 14.6. The quantitative estimate of drug-likeness (QED) is 0.301. The number of imidazole rings is 1. The Balaban J connectivity index is 1.02. The van der Waals surface area contributed by atoms with Gasteiger partial charge in [0, 0.05) is 82.2 Å². The lowest BCUT2D eigenvalue weighted by Gasteiger charge is -2.47. The molecule has 3 saturated heterocycles. The van der Waals surface area contributed by atoms with Crippen LogP contribution in [0.5, 0.6) is 5.75 Å². The number of ether oxygens (including phenoxy) is 1. The molecule has 0 radical (unpaired) electrons. The number of methoxy groups -OCH3 is 1. The minimum Gasteiger partial charge on any atom is -0.544 e. The van der Waals surface area contributed by atoms with Crippen molar-refractivity contribution in [2.75, 3.05) is 77.9 Å². The molecule has 16 heteroatoms. The maximum atomic E-state index is 14.6. The number of quaternary nitrogens is 1. The van der Waals surface area contributed by atoms with Crippen LogP contribution in [-0.2, 0) is 16.6 Å². The van der Waals surface area contributed by atoms with Crippen molar-refractivity contribution in [2.24, 2.45) is 18.9 Å². The number of carbonyl (C=O) groups is 4. The first kappa shape index (κ1) is 36.5. The van der Waals surface area contributed by atoms with Crippen molar-refractivity contribution < 1.29 is 37.9 Å². The zero-order valence-corrected chi connectivity index (χ0v) is 29.9. The van der Waals surface area contributed by atoms with Crippen LogP contribution in [0.15, 0.2) is 36.5 Å². The summed E-state index contributed by atoms with van der Waals surface area (Å²) in [5, 5.41) is 17.5. The van der Waals surface area contributed by atoms with E-state index in [9.17, 15) is 28.7 Å². The van der Waals surface area contributed by atoms with Gasteiger partial charge >= 0.3 is 0 Å². The van der Waals surface area contributed by atoms with Crippen molar-refractivity contribution in [1.82, 2.24) is 24.7 Å². The van der Waals surface area contributed by atoms with E-state index in [0.29, 0.717) is 79.5 Å². The number of benzene rings is 2. The van der Waals surface area contributed by atoms with Crippen molar-refractivity contribution in [3.8, 4) is 17.0 Å². The van der Waals surface area contributed by atoms with Crippen LogP contribution in [0.1, 0.15) is 33.8 Å². The van der Waals surface area contributed by atoms with Crippen molar-refractivity contribution in [1.29, 1.82) is 0 Å². The van der Waals surface area contributed by atoms with Crippen LogP contribution >= 0.6 is 23.2 Å². The highest BCUT2D eigenvalue weighted by Gasteiger charge is 2.41. The Kier molecular flexibility index (Phi) is 10.9. The molecule has 3 amide bonds. The highest BCUT2D eigenvalue weighted by Crippen LogP contribution is 2.35. The number of carboxylic acids is 1. The fourth-order valence-corrected chi connectivity index (χ4v) is 7.85. The van der Waals surface area contributed by atoms with Crippen LogP contribution in [0.3, 0.4) is 0 Å². The molecule has 0 spiro atoms. The Labute approximate surface area is 304 Å². The first-order chi connectivity index (χ1) is 24.4. The van der Waals surface area contributed by atoms with Crippen molar-refractivity contribution in [3.63, 3.8) is 0 Å². The Bertz CT molecular complexity index is 1830. The minimum absolute atomic E-state index is 0.00632. The smallest absolute Gasteiger partial charge is 0.291 e. The van der Waals surface area contributed by atoms with Crippen LogP contribution < -0.4 is 20.5 Å². The third-order valence-corrected chi connectivity index (χ3v) is 11.0. The van der Waals surface area contributed by atoms with E-state index in [-0.39, 0.29) is 51.5 Å². The van der Waals surface area contributed by atoms with Gasteiger partial charge in [-0.05, 0) is 30.3 Å². The minimum atomic E-state index is -1.05. The van der Waals surface area contributed by atoms with E-state index in [1.807, 2.05) is 0 Å². The van der Waals surface area contributed by atoms with Crippen LogP contribution in [0, 0.1) is 17.7 Å². The number of anilines is 1. The Hall–Kier alpha value is -4.24. The standard InChI is InChI=1S/C35H40Cl2FN7O6/c1-42-27(25-5-6-28(51-2)31(38)30(25)37)18-40-32(42)33(48)41-23-3-4-24(26(36)15-23)35(50)44-11-9-43(10-12-44)34(49)22-7-13-45(14-8-22,20-29(46)47)19-21-16-39-17-21/h3-6,15,18,21-22,39H,7-14,16-17,19-20H2,1-2H3,(H-,41,46,47,48,50). The second kappa shape index (κ2) is 15.2. The Morgan fingerprint density at radius 3 is 2.35 bits per heavy atom. The molecule has 4 heterocycles. The van der Waals surface area contributed by atoms with E-state index >= 15 is 0 Å². The number of aliphatic carboxylic acids is 1. The molecule has 13 nitrogen and oxygen atoms in total. The van der Waals surface area contributed by atoms with Gasteiger partial charge in [0.2, 0.25) is 5.91 Å². The van der Waals surface area contributed by atoms with Gasteiger partial charge in [-0.1, -0.05) is 23.2 Å². The highest BCUT2D eigenvalue weighted by molar-refractivity contribution is 6.34. The van der Waals surface area contributed by atoms with Crippen LogP contribution in [0.25, 0.3) is 11.3 Å². The molecule has 3 aliphatic heterocycles. The van der Waals surface area contributed by atoms with Crippen molar-refractivity contribution in [2.45, 2.75) is 12.8 Å². The number of hydrogen-bond donors (Lipinski definition) is 2. The van der Waals surface area contributed by atoms with E-state index < -0.39 is 17.7 Å². The average molecular weight is 745 g/mol. The SMILES string of the molecule is COc1ccc(-c2cnc(C(=O)Nc3ccc(C(=O)N4CCN(C(=O)C5CC[N+](CC(=O)[O-])(CC6CNC6)CC5)CC4)c(Cl)c3)n2C)c(Cl)c1F. The molecule has 0 aliphatic carbocycles. The zero-order chi connectivity index (χ0) is 36.4. The molecule has 0 bridgehead atoms. The van der Waals surface area contributed by atoms with E-state index in [1.165, 1.54) is 30.0 Å². The predicted molar refractivity (Wildman–Crippen MR) is 186 cm³/mol. The number of likely N-dealkylation sites (tertiary alicyclic amines) is 1. The molecular formula is C35H40Cl2FN7O6. The van der Waals surface area contributed by atoms with E-state index in [1.54, 1.807) is 35.0 Å². The molecule has 2 N–H and O–H groups in total. The van der Waals surface area contributed by atoms with Gasteiger partial charge in [-0.3, -0.25) is 14.4 Å². The van der Waals surface area contributed by atoms with Crippen molar-refractivity contribution >= 4 is 52.6 Å². The third-order valence-electron chi connectivity index (χ3n) is 10.3. The van der Waals surface area contributed by atoms with Crippen LogP contribution in [0.2, 0.25) is 10.0 Å². The summed E-state index contributed by atoms with van der Waals surface area (Å²) >= 11 is 12.8. The number of carbonyl (C=O) groups excluding carboxylic acids is 4. The molecule has 3 aromatic rings. The van der Waals surface area contributed by atoms with Crippen LogP contribution in [0.4, 0.5) is 10.1 Å². The number of piperidine rings is 1. The first-order valence-electron chi connectivity index (χ1n) is 16.9. The number of halogens is 3. The number of piperazine rings is 1. The molecule has 51 heavy (non-hydrogen) atoms. The zero-order valence-electron chi connectivity index (χ0n) is 28.4. The number of carboxylic acid groups (broad SMARTS) is 1. The van der Waals surface area contributed by atoms with Gasteiger partial charge < -0.3 is 44.1 Å². The predicted octanol–water partition coefficient (Wildman–Crippen LogP) is 2.27. The van der Waals surface area contributed by atoms with Gasteiger partial charge in [0.05, 0.1) is 60.2 Å². The summed E-state index contributed by atoms with van der Waals surface area (Å²) in [6, 6.07) is 7.61. The molecule has 3 fully saturated rings. The highest BCUT2D eigenvalue weighted by atomic mass is 35.5. The maximum Gasteiger partial charge on any atom is 0.291 e. The second-order valence-corrected chi connectivity index (χ2v) is 14.3. The summed E-state index contributed by atoms with van der Waals surface area (Å²) in [5.41, 5.74) is 1.36.